The van der Waals surface area contributed by atoms with Gasteiger partial charge in [0.15, 0.2) is 12.6 Å². The standard InChI is InChI=1S/C56H103NO9/c1-5-9-13-17-25-35-49-63-55(64-50-36-26-18-14-10-6-2)41-39-53(59)61-47-33-29-21-23-31-43-57(45-46-58)44-32-24-22-30-34-48-62-54(60)40-42-56(65-51-37-27-19-15-11-7-3)66-52-38-28-20-16-12-8-4/h9-16,55-56,58H,5-8,17-52H2,1-4H3/b13-9-,14-10-,15-11-,16-12-. The molecule has 0 heterocycles. The van der Waals surface area contributed by atoms with Gasteiger partial charge in [0.05, 0.1) is 32.7 Å². The van der Waals surface area contributed by atoms with Crippen LogP contribution in [0.15, 0.2) is 48.6 Å². The first kappa shape index (κ1) is 63.7. The van der Waals surface area contributed by atoms with Crippen molar-refractivity contribution < 1.29 is 43.1 Å². The van der Waals surface area contributed by atoms with Crippen LogP contribution in [-0.4, -0.2) is 100 Å². The molecule has 0 atom stereocenters. The normalized spacial score (nSPS) is 12.2. The number of esters is 2. The second kappa shape index (κ2) is 53.6. The summed E-state index contributed by atoms with van der Waals surface area (Å²) in [5, 5.41) is 9.63. The summed E-state index contributed by atoms with van der Waals surface area (Å²) in [5.74, 6) is -0.350. The van der Waals surface area contributed by atoms with E-state index in [0.717, 1.165) is 180 Å². The van der Waals surface area contributed by atoms with Gasteiger partial charge in [-0.1, -0.05) is 115 Å². The fourth-order valence-electron chi connectivity index (χ4n) is 7.28. The Morgan fingerprint density at radius 2 is 0.697 bits per heavy atom. The minimum Gasteiger partial charge on any atom is -0.466 e. The van der Waals surface area contributed by atoms with Crippen LogP contribution in [-0.2, 0) is 38.0 Å². The lowest BCUT2D eigenvalue weighted by Crippen LogP contribution is -2.29. The van der Waals surface area contributed by atoms with Gasteiger partial charge in [0.2, 0.25) is 0 Å². The SMILES string of the molecule is CC/C=C\CCCCOC(CCC(=O)OCCCCCCCN(CCO)CCCCCCCOC(=O)CCC(OCCCC/C=C\CC)OCCCC/C=C\CC)OCCCC/C=C\CC. The van der Waals surface area contributed by atoms with Gasteiger partial charge in [0.25, 0.3) is 0 Å². The molecule has 0 amide bonds. The molecule has 0 aromatic carbocycles. The van der Waals surface area contributed by atoms with Crippen molar-refractivity contribution in [3.8, 4) is 0 Å². The zero-order valence-electron chi connectivity index (χ0n) is 43.2. The maximum absolute atomic E-state index is 12.5. The molecule has 0 bridgehead atoms. The molecule has 0 rings (SSSR count). The first-order valence-electron chi connectivity index (χ1n) is 27.2. The Balaban J connectivity index is 4.17. The zero-order chi connectivity index (χ0) is 48.1. The first-order chi connectivity index (χ1) is 32.5. The van der Waals surface area contributed by atoms with Crippen molar-refractivity contribution in [3.63, 3.8) is 0 Å². The smallest absolute Gasteiger partial charge is 0.305 e. The average Bonchev–Trinajstić information content (AvgIpc) is 3.32. The minimum absolute atomic E-state index is 0.175. The van der Waals surface area contributed by atoms with Crippen molar-refractivity contribution in [2.24, 2.45) is 0 Å². The van der Waals surface area contributed by atoms with Crippen LogP contribution < -0.4 is 0 Å². The van der Waals surface area contributed by atoms with Gasteiger partial charge < -0.3 is 38.4 Å². The third-order valence-corrected chi connectivity index (χ3v) is 11.2. The molecule has 0 aliphatic carbocycles. The quantitative estimate of drug-likeness (QED) is 0.0274. The van der Waals surface area contributed by atoms with Gasteiger partial charge >= 0.3 is 11.9 Å². The van der Waals surface area contributed by atoms with Crippen LogP contribution in [0.25, 0.3) is 0 Å². The molecule has 0 aliphatic heterocycles. The molecule has 0 radical (unpaired) electrons. The van der Waals surface area contributed by atoms with E-state index in [2.05, 4.69) is 81.2 Å². The summed E-state index contributed by atoms with van der Waals surface area (Å²) < 4.78 is 35.3. The van der Waals surface area contributed by atoms with Crippen LogP contribution in [0.5, 0.6) is 0 Å². The molecule has 1 N–H and O–H groups in total. The Kier molecular flexibility index (Phi) is 51.7. The summed E-state index contributed by atoms with van der Waals surface area (Å²) in [5.41, 5.74) is 0. The van der Waals surface area contributed by atoms with Gasteiger partial charge in [0, 0.05) is 45.8 Å². The molecule has 0 saturated carbocycles. The van der Waals surface area contributed by atoms with E-state index in [-0.39, 0.29) is 31.1 Å². The maximum Gasteiger partial charge on any atom is 0.305 e. The number of unbranched alkanes of at least 4 members (excludes halogenated alkanes) is 16. The molecule has 0 unspecified atom stereocenters. The largest absolute Gasteiger partial charge is 0.466 e. The summed E-state index contributed by atoms with van der Waals surface area (Å²) >= 11 is 0. The number of ether oxygens (including phenoxy) is 6. The number of hydrogen-bond donors (Lipinski definition) is 1. The van der Waals surface area contributed by atoms with E-state index in [1.165, 1.54) is 0 Å². The zero-order valence-corrected chi connectivity index (χ0v) is 43.2. The summed E-state index contributed by atoms with van der Waals surface area (Å²) in [6, 6.07) is 0. The minimum atomic E-state index is -0.364. The van der Waals surface area contributed by atoms with E-state index in [0.29, 0.717) is 71.9 Å². The van der Waals surface area contributed by atoms with Gasteiger partial charge in [-0.25, -0.2) is 0 Å². The summed E-state index contributed by atoms with van der Waals surface area (Å²) in [6.45, 7) is 15.0. The monoisotopic (exact) mass is 934 g/mol. The summed E-state index contributed by atoms with van der Waals surface area (Å²) in [6.07, 6.45) is 46.0. The lowest BCUT2D eigenvalue weighted by molar-refractivity contribution is -0.159. The average molecular weight is 934 g/mol. The predicted octanol–water partition coefficient (Wildman–Crippen LogP) is 14.1. The van der Waals surface area contributed by atoms with E-state index in [9.17, 15) is 14.7 Å². The molecular formula is C56H103NO9. The number of carbonyl (C=O) groups excluding carboxylic acids is 2. The highest BCUT2D eigenvalue weighted by molar-refractivity contribution is 5.69. The predicted molar refractivity (Wildman–Crippen MR) is 275 cm³/mol. The van der Waals surface area contributed by atoms with Crippen LogP contribution >= 0.6 is 0 Å². The van der Waals surface area contributed by atoms with Crippen molar-refractivity contribution in [1.82, 2.24) is 4.90 Å². The molecule has 0 spiro atoms. The lowest BCUT2D eigenvalue weighted by atomic mass is 10.1. The van der Waals surface area contributed by atoms with Crippen LogP contribution in [0.1, 0.15) is 220 Å². The topological polar surface area (TPSA) is 113 Å². The molecule has 0 saturated heterocycles. The Bertz CT molecular complexity index is 1010. The number of aliphatic hydroxyl groups excluding tert-OH is 1. The number of allylic oxidation sites excluding steroid dienone is 8. The molecule has 386 valence electrons. The number of carbonyl (C=O) groups is 2. The molecule has 10 nitrogen and oxygen atoms in total. The Morgan fingerprint density at radius 3 is 1.02 bits per heavy atom. The van der Waals surface area contributed by atoms with Crippen LogP contribution in [0, 0.1) is 0 Å². The van der Waals surface area contributed by atoms with E-state index in [4.69, 9.17) is 28.4 Å². The van der Waals surface area contributed by atoms with Crippen LogP contribution in [0.4, 0.5) is 0 Å². The third kappa shape index (κ3) is 48.1. The molecular weight excluding hydrogens is 831 g/mol. The van der Waals surface area contributed by atoms with E-state index < -0.39 is 0 Å². The fourth-order valence-corrected chi connectivity index (χ4v) is 7.28. The van der Waals surface area contributed by atoms with E-state index in [1.807, 2.05) is 0 Å². The van der Waals surface area contributed by atoms with Gasteiger partial charge in [-0.05, 0) is 142 Å². The number of nitrogens with zero attached hydrogens (tertiary/aromatic N) is 1. The maximum atomic E-state index is 12.5. The van der Waals surface area contributed by atoms with Crippen molar-refractivity contribution in [3.05, 3.63) is 48.6 Å². The van der Waals surface area contributed by atoms with Gasteiger partial charge in [-0.15, -0.1) is 0 Å². The number of aliphatic hydroxyl groups is 1. The lowest BCUT2D eigenvalue weighted by Gasteiger charge is -2.21. The Hall–Kier alpha value is -2.34. The summed E-state index contributed by atoms with van der Waals surface area (Å²) in [7, 11) is 0. The van der Waals surface area contributed by atoms with E-state index >= 15 is 0 Å². The highest BCUT2D eigenvalue weighted by Crippen LogP contribution is 2.14. The van der Waals surface area contributed by atoms with Crippen molar-refractivity contribution in [2.45, 2.75) is 233 Å². The first-order valence-corrected chi connectivity index (χ1v) is 27.2. The third-order valence-electron chi connectivity index (χ3n) is 11.2. The molecule has 10 heteroatoms. The number of hydrogen-bond acceptors (Lipinski definition) is 10. The van der Waals surface area contributed by atoms with E-state index in [1.54, 1.807) is 0 Å². The summed E-state index contributed by atoms with van der Waals surface area (Å²) in [4.78, 5) is 27.4. The van der Waals surface area contributed by atoms with Crippen LogP contribution in [0.2, 0.25) is 0 Å². The molecule has 0 fully saturated rings. The fraction of sp³-hybridized carbons (Fsp3) is 0.821. The molecule has 66 heavy (non-hydrogen) atoms. The van der Waals surface area contributed by atoms with Crippen molar-refractivity contribution in [1.29, 1.82) is 0 Å². The highest BCUT2D eigenvalue weighted by Gasteiger charge is 2.15. The van der Waals surface area contributed by atoms with Crippen molar-refractivity contribution in [2.75, 3.05) is 65.9 Å². The van der Waals surface area contributed by atoms with Gasteiger partial charge in [-0.3, -0.25) is 9.59 Å². The molecule has 0 aliphatic rings. The van der Waals surface area contributed by atoms with Gasteiger partial charge in [-0.2, -0.15) is 0 Å². The molecule has 0 aromatic heterocycles. The second-order valence-electron chi connectivity index (χ2n) is 17.5. The Labute approximate surface area is 406 Å². The Morgan fingerprint density at radius 1 is 0.394 bits per heavy atom. The van der Waals surface area contributed by atoms with Gasteiger partial charge in [0.1, 0.15) is 0 Å². The molecule has 0 aromatic rings. The highest BCUT2D eigenvalue weighted by atomic mass is 16.7. The van der Waals surface area contributed by atoms with Crippen LogP contribution in [0.3, 0.4) is 0 Å². The van der Waals surface area contributed by atoms with Crippen molar-refractivity contribution >= 4 is 11.9 Å². The second-order valence-corrected chi connectivity index (χ2v) is 17.5. The number of rotatable bonds is 52.